The Kier molecular flexibility index (Phi) is 6.87. The summed E-state index contributed by atoms with van der Waals surface area (Å²) in [6, 6.07) is 0.454. The van der Waals surface area contributed by atoms with Gasteiger partial charge in [-0.2, -0.15) is 0 Å². The van der Waals surface area contributed by atoms with Gasteiger partial charge in [-0.15, -0.1) is 13.2 Å². The number of pyridine rings is 1. The molecule has 2 amide bonds. The van der Waals surface area contributed by atoms with E-state index in [1.165, 1.54) is 15.7 Å². The first kappa shape index (κ1) is 26.0. The lowest BCUT2D eigenvalue weighted by Crippen LogP contribution is -2.64. The van der Waals surface area contributed by atoms with Gasteiger partial charge in [0.2, 0.25) is 5.43 Å². The molecule has 1 fully saturated rings. The van der Waals surface area contributed by atoms with Crippen LogP contribution >= 0.6 is 0 Å². The number of aromatic nitrogens is 1. The van der Waals surface area contributed by atoms with E-state index in [1.54, 1.807) is 18.0 Å². The number of aromatic hydroxyl groups is 1. The molecule has 2 atom stereocenters. The highest BCUT2D eigenvalue weighted by molar-refractivity contribution is 5.99. The van der Waals surface area contributed by atoms with Gasteiger partial charge in [0.1, 0.15) is 35.2 Å². The van der Waals surface area contributed by atoms with Crippen molar-refractivity contribution in [2.75, 3.05) is 24.9 Å². The molecule has 1 saturated heterocycles. The number of hydrogen-bond donors (Lipinski definition) is 2. The third-order valence-corrected chi connectivity index (χ3v) is 6.71. The van der Waals surface area contributed by atoms with Crippen LogP contribution in [0.25, 0.3) is 0 Å². The molecular weight excluding hydrogens is 493 g/mol. The van der Waals surface area contributed by atoms with E-state index in [9.17, 15) is 32.7 Å². The number of carbonyl (C=O) groups is 2. The Bertz CT molecular complexity index is 1330. The molecule has 0 radical (unpaired) electrons. The van der Waals surface area contributed by atoms with Gasteiger partial charge >= 0.3 is 0 Å². The van der Waals surface area contributed by atoms with E-state index >= 15 is 0 Å². The second-order valence-electron chi connectivity index (χ2n) is 8.85. The molecule has 12 heteroatoms. The van der Waals surface area contributed by atoms with Crippen molar-refractivity contribution in [2.24, 2.45) is 0 Å². The Morgan fingerprint density at radius 1 is 1.27 bits per heavy atom. The third-order valence-electron chi connectivity index (χ3n) is 6.71. The Morgan fingerprint density at radius 3 is 2.51 bits per heavy atom. The number of rotatable bonds is 7. The largest absolute Gasteiger partial charge is 0.502 e. The maximum Gasteiger partial charge on any atom is 0.278 e. The topological polar surface area (TPSA) is 104 Å². The molecule has 2 aromatic rings. The molecule has 37 heavy (non-hydrogen) atoms. The predicted octanol–water partition coefficient (Wildman–Crippen LogP) is 2.17. The van der Waals surface area contributed by atoms with Gasteiger partial charge in [-0.1, -0.05) is 12.2 Å². The van der Waals surface area contributed by atoms with Crippen LogP contribution in [0, 0.1) is 17.5 Å². The second-order valence-corrected chi connectivity index (χ2v) is 8.85. The molecule has 4 rings (SSSR count). The molecule has 1 unspecified atom stereocenters. The van der Waals surface area contributed by atoms with E-state index in [0.29, 0.717) is 25.2 Å². The highest BCUT2D eigenvalue weighted by Crippen LogP contribution is 2.32. The highest BCUT2D eigenvalue weighted by Gasteiger charge is 2.45. The Balaban J connectivity index is 1.78. The zero-order valence-electron chi connectivity index (χ0n) is 20.0. The summed E-state index contributed by atoms with van der Waals surface area (Å²) in [7, 11) is 0. The number of benzene rings is 1. The summed E-state index contributed by atoms with van der Waals surface area (Å²) in [5, 5.41) is 14.7. The van der Waals surface area contributed by atoms with Gasteiger partial charge in [-0.3, -0.25) is 24.1 Å². The fourth-order valence-electron chi connectivity index (χ4n) is 4.39. The van der Waals surface area contributed by atoms with Crippen LogP contribution in [0.5, 0.6) is 5.75 Å². The summed E-state index contributed by atoms with van der Waals surface area (Å²) in [5.74, 6) is -6.27. The van der Waals surface area contributed by atoms with Crippen molar-refractivity contribution in [3.05, 3.63) is 88.1 Å². The van der Waals surface area contributed by atoms with Gasteiger partial charge in [-0.25, -0.2) is 13.2 Å². The monoisotopic (exact) mass is 518 g/mol. The second kappa shape index (κ2) is 9.77. The number of ether oxygens (including phenoxy) is 1. The Labute approximate surface area is 210 Å². The van der Waals surface area contributed by atoms with Crippen molar-refractivity contribution in [2.45, 2.75) is 31.5 Å². The summed E-state index contributed by atoms with van der Waals surface area (Å²) in [6.45, 7) is 9.19. The number of hydrogen-bond acceptors (Lipinski definition) is 6. The van der Waals surface area contributed by atoms with Crippen molar-refractivity contribution in [3.63, 3.8) is 0 Å². The van der Waals surface area contributed by atoms with Crippen molar-refractivity contribution >= 4 is 11.8 Å². The Morgan fingerprint density at radius 2 is 1.95 bits per heavy atom. The van der Waals surface area contributed by atoms with Gasteiger partial charge in [-0.05, 0) is 6.92 Å². The molecule has 9 nitrogen and oxygen atoms in total. The fourth-order valence-corrected chi connectivity index (χ4v) is 4.39. The number of amides is 2. The van der Waals surface area contributed by atoms with Gasteiger partial charge in [0.25, 0.3) is 11.8 Å². The van der Waals surface area contributed by atoms with Crippen LogP contribution < -0.4 is 15.8 Å². The van der Waals surface area contributed by atoms with E-state index in [0.717, 1.165) is 6.20 Å². The van der Waals surface area contributed by atoms with Crippen LogP contribution in [0.4, 0.5) is 13.2 Å². The minimum atomic E-state index is -1.22. The lowest BCUT2D eigenvalue weighted by Gasteiger charge is -2.48. The summed E-state index contributed by atoms with van der Waals surface area (Å²) in [6.07, 6.45) is 4.72. The van der Waals surface area contributed by atoms with E-state index in [2.05, 4.69) is 18.5 Å². The average Bonchev–Trinajstić information content (AvgIpc) is 3.35. The number of carbonyl (C=O) groups excluding carboxylic acids is 2. The molecule has 1 aromatic heterocycles. The van der Waals surface area contributed by atoms with E-state index in [4.69, 9.17) is 4.74 Å². The maximum absolute atomic E-state index is 14.0. The lowest BCUT2D eigenvalue weighted by atomic mass is 9.97. The minimum Gasteiger partial charge on any atom is -0.502 e. The molecule has 2 aliphatic heterocycles. The predicted molar refractivity (Wildman–Crippen MR) is 127 cm³/mol. The SMILES string of the molecule is C=C[C@H](C)N1CN(C2(C=C)CCOC2)n2cc(C(=O)NCc3c(F)cc(F)cc3F)c(=O)c(O)c2C1=O. The van der Waals surface area contributed by atoms with Crippen LogP contribution in [0.3, 0.4) is 0 Å². The van der Waals surface area contributed by atoms with Crippen LogP contribution in [0.2, 0.25) is 0 Å². The molecule has 0 aliphatic carbocycles. The first-order chi connectivity index (χ1) is 17.5. The van der Waals surface area contributed by atoms with Crippen LogP contribution in [-0.4, -0.2) is 58.0 Å². The fraction of sp³-hybridized carbons (Fsp3) is 0.320. The molecule has 0 saturated carbocycles. The normalized spacial score (nSPS) is 19.9. The number of nitrogens with zero attached hydrogens (tertiary/aromatic N) is 3. The van der Waals surface area contributed by atoms with Gasteiger partial charge in [0.15, 0.2) is 11.4 Å². The van der Waals surface area contributed by atoms with Crippen molar-refractivity contribution in [3.8, 4) is 5.75 Å². The van der Waals surface area contributed by atoms with Gasteiger partial charge in [0, 0.05) is 49.5 Å². The standard InChI is InChI=1S/C25H25F3N4O5/c1-4-14(3)30-13-32(25(5-2)6-7-37-12-25)31-11-17(21(33)22(34)20(31)24(30)36)23(35)29-10-16-18(27)8-15(26)9-19(16)28/h4-5,8-9,11,14,34H,1-2,6-7,10,12-13H2,3H3,(H,29,35)/t14-,25?/m0/s1. The van der Waals surface area contributed by atoms with Gasteiger partial charge < -0.3 is 20.1 Å². The average molecular weight is 518 g/mol. The quantitative estimate of drug-likeness (QED) is 0.545. The van der Waals surface area contributed by atoms with E-state index in [1.807, 2.05) is 0 Å². The summed E-state index contributed by atoms with van der Waals surface area (Å²) < 4.78 is 48.0. The highest BCUT2D eigenvalue weighted by atomic mass is 19.1. The molecule has 1 aromatic carbocycles. The number of nitrogens with one attached hydrogen (secondary N) is 1. The number of fused-ring (bicyclic) bond motifs is 1. The minimum absolute atomic E-state index is 0.0101. The van der Waals surface area contributed by atoms with E-state index in [-0.39, 0.29) is 19.0 Å². The van der Waals surface area contributed by atoms with Crippen LogP contribution in [0.1, 0.15) is 39.8 Å². The smallest absolute Gasteiger partial charge is 0.278 e. The molecule has 196 valence electrons. The molecule has 0 bridgehead atoms. The van der Waals surface area contributed by atoms with E-state index < -0.39 is 69.7 Å². The zero-order chi connectivity index (χ0) is 27.1. The molecule has 2 aliphatic rings. The first-order valence-corrected chi connectivity index (χ1v) is 11.4. The summed E-state index contributed by atoms with van der Waals surface area (Å²) >= 11 is 0. The zero-order valence-corrected chi connectivity index (χ0v) is 20.0. The van der Waals surface area contributed by atoms with Crippen LogP contribution in [0.15, 0.2) is 48.4 Å². The lowest BCUT2D eigenvalue weighted by molar-refractivity contribution is 0.0614. The number of halogens is 3. The Hall–Kier alpha value is -4.06. The molecular formula is C25H25F3N4O5. The van der Waals surface area contributed by atoms with Crippen molar-refractivity contribution in [1.82, 2.24) is 14.9 Å². The summed E-state index contributed by atoms with van der Waals surface area (Å²) in [5.41, 5.74) is -3.56. The summed E-state index contributed by atoms with van der Waals surface area (Å²) in [4.78, 5) is 40.6. The first-order valence-electron chi connectivity index (χ1n) is 11.4. The third kappa shape index (κ3) is 4.37. The van der Waals surface area contributed by atoms with Crippen LogP contribution in [-0.2, 0) is 11.3 Å². The molecule has 3 heterocycles. The van der Waals surface area contributed by atoms with Gasteiger partial charge in [0.05, 0.1) is 6.61 Å². The molecule has 2 N–H and O–H groups in total. The van der Waals surface area contributed by atoms with Crippen molar-refractivity contribution in [1.29, 1.82) is 0 Å². The molecule has 0 spiro atoms. The maximum atomic E-state index is 14.0. The van der Waals surface area contributed by atoms with Crippen molar-refractivity contribution < 1.29 is 32.6 Å².